The van der Waals surface area contributed by atoms with Crippen LogP contribution in [0.1, 0.15) is 37.7 Å². The Balaban J connectivity index is 1.21. The first-order valence-electron chi connectivity index (χ1n) is 16.1. The first kappa shape index (κ1) is 31.4. The molecule has 4 aromatic rings. The fraction of sp³-hybridized carbons (Fsp3) is 0.500. The van der Waals surface area contributed by atoms with E-state index in [9.17, 15) is 14.0 Å². The van der Waals surface area contributed by atoms with Crippen LogP contribution in [0.4, 0.5) is 24.0 Å². The van der Waals surface area contributed by atoms with Crippen LogP contribution in [0.2, 0.25) is 0 Å². The van der Waals surface area contributed by atoms with E-state index in [1.807, 2.05) is 18.0 Å². The van der Waals surface area contributed by atoms with Crippen molar-refractivity contribution < 1.29 is 22.6 Å². The van der Waals surface area contributed by atoms with Gasteiger partial charge in [0.2, 0.25) is 0 Å². The first-order chi connectivity index (χ1) is 23.1. The first-order valence-corrected chi connectivity index (χ1v) is 16.9. The Hall–Kier alpha value is -3.90. The molecule has 0 bridgehead atoms. The number of morpholine rings is 1. The van der Waals surface area contributed by atoms with Gasteiger partial charge in [0.1, 0.15) is 28.1 Å². The summed E-state index contributed by atoms with van der Waals surface area (Å²) < 4.78 is 58.4. The maximum absolute atomic E-state index is 16.8. The van der Waals surface area contributed by atoms with E-state index in [0.717, 1.165) is 69.2 Å². The van der Waals surface area contributed by atoms with Crippen molar-refractivity contribution in [2.24, 2.45) is 10.4 Å². The van der Waals surface area contributed by atoms with E-state index in [1.54, 1.807) is 0 Å². The van der Waals surface area contributed by atoms with Crippen LogP contribution in [0.5, 0.6) is 6.01 Å². The van der Waals surface area contributed by atoms with E-state index in [-0.39, 0.29) is 54.4 Å². The number of thiophene rings is 1. The molecule has 2 saturated heterocycles. The highest BCUT2D eigenvalue weighted by atomic mass is 32.1. The quantitative estimate of drug-likeness (QED) is 0.186. The average Bonchev–Trinajstić information content (AvgIpc) is 3.70. The fourth-order valence-electron chi connectivity index (χ4n) is 7.43. The van der Waals surface area contributed by atoms with Crippen molar-refractivity contribution in [3.8, 4) is 23.3 Å². The molecule has 8 rings (SSSR count). The molecule has 0 spiro atoms. The van der Waals surface area contributed by atoms with Crippen LogP contribution in [-0.2, 0) is 4.74 Å². The molecule has 2 saturated carbocycles. The third-order valence-electron chi connectivity index (χ3n) is 10.9. The molecule has 1 unspecified atom stereocenters. The minimum Gasteiger partial charge on any atom is -0.463 e. The molecule has 0 N–H and O–H groups in total. The summed E-state index contributed by atoms with van der Waals surface area (Å²) in [5.74, 6) is -2.73. The second kappa shape index (κ2) is 11.3. The number of anilines is 1. The van der Waals surface area contributed by atoms with Crippen LogP contribution < -0.4 is 9.64 Å². The molecule has 2 atom stereocenters. The molecule has 4 aliphatic rings. The lowest BCUT2D eigenvalue weighted by molar-refractivity contribution is -0.218. The molecule has 0 amide bonds. The van der Waals surface area contributed by atoms with Crippen molar-refractivity contribution in [1.29, 1.82) is 5.26 Å². The summed E-state index contributed by atoms with van der Waals surface area (Å²) in [7, 11) is 6.04. The van der Waals surface area contributed by atoms with Crippen molar-refractivity contribution in [1.82, 2.24) is 24.8 Å². The minimum absolute atomic E-state index is 0.0193. The number of hydrogen-bond acceptors (Lipinski definition) is 11. The number of ether oxygens (including phenoxy) is 2. The lowest BCUT2D eigenvalue weighted by Crippen LogP contribution is -2.71. The number of nitrogens with zero attached hydrogens (tertiary/aromatic N) is 8. The molecular formula is C34H35F3N8O2S. The maximum atomic E-state index is 16.8. The number of likely N-dealkylation sites (N-methyl/N-ethyl adjacent to an activating group) is 2. The zero-order chi connectivity index (χ0) is 33.5. The molecule has 2 aliphatic carbocycles. The summed E-state index contributed by atoms with van der Waals surface area (Å²) in [5, 5.41) is 10.4. The predicted octanol–water partition coefficient (Wildman–Crippen LogP) is 5.69. The second-order valence-electron chi connectivity index (χ2n) is 14.0. The van der Waals surface area contributed by atoms with Gasteiger partial charge in [-0.2, -0.15) is 15.2 Å². The number of aromatic nitrogens is 3. The SMILES string of the molecule is C=Nc1sc2c(F)c(F)cc(-c3ncc4c(N(C)CC5(N(C)C)CCC5)nc(OCC5(CN6C[C@H]7OCC76)CC5)nc4c3F)c2c1C#N. The van der Waals surface area contributed by atoms with Crippen LogP contribution >= 0.6 is 11.3 Å². The summed E-state index contributed by atoms with van der Waals surface area (Å²) in [6, 6.07) is 3.38. The molecule has 5 heterocycles. The number of likely N-dealkylation sites (tertiary alicyclic amines) is 1. The lowest BCUT2D eigenvalue weighted by Gasteiger charge is -2.55. The van der Waals surface area contributed by atoms with Crippen molar-refractivity contribution >= 4 is 49.9 Å². The van der Waals surface area contributed by atoms with Crippen molar-refractivity contribution in [2.75, 3.05) is 58.9 Å². The standard InChI is InChI=1S/C34H35F3N8O2S/c1-39-31-19(11-38)24-18(10-21(35)25(36)29(24)48-31)27-26(37)28-20(12-40-27)30(44(4)16-34(43(2)3)6-5-7-34)42-32(41-28)47-17-33(8-9-33)15-45-13-23-22(45)14-46-23/h10,12,22-23H,1,5-9,13-17H2,2-4H3/t22?,23-/m1/s1. The molecule has 0 radical (unpaired) electrons. The van der Waals surface area contributed by atoms with Crippen LogP contribution in [0.3, 0.4) is 0 Å². The third kappa shape index (κ3) is 4.85. The molecule has 4 fully saturated rings. The van der Waals surface area contributed by atoms with Gasteiger partial charge in [-0.3, -0.25) is 14.9 Å². The Kier molecular flexibility index (Phi) is 7.41. The van der Waals surface area contributed by atoms with E-state index in [2.05, 4.69) is 45.6 Å². The highest BCUT2D eigenvalue weighted by Crippen LogP contribution is 2.49. The van der Waals surface area contributed by atoms with E-state index in [0.29, 0.717) is 36.5 Å². The molecule has 1 aromatic carbocycles. The number of aliphatic imine (C=N–C) groups is 1. The highest BCUT2D eigenvalue weighted by molar-refractivity contribution is 7.23. The number of hydrogen-bond donors (Lipinski definition) is 0. The largest absolute Gasteiger partial charge is 0.463 e. The summed E-state index contributed by atoms with van der Waals surface area (Å²) in [4.78, 5) is 24.3. The Bertz CT molecular complexity index is 2020. The summed E-state index contributed by atoms with van der Waals surface area (Å²) in [6.45, 7) is 7.09. The van der Waals surface area contributed by atoms with Gasteiger partial charge in [0.05, 0.1) is 41.0 Å². The molecule has 2 aliphatic heterocycles. The molecule has 14 heteroatoms. The van der Waals surface area contributed by atoms with Gasteiger partial charge < -0.3 is 19.3 Å². The van der Waals surface area contributed by atoms with Crippen LogP contribution in [0.25, 0.3) is 32.2 Å². The monoisotopic (exact) mass is 676 g/mol. The molecule has 10 nitrogen and oxygen atoms in total. The van der Waals surface area contributed by atoms with Gasteiger partial charge in [-0.25, -0.2) is 13.2 Å². The van der Waals surface area contributed by atoms with Crippen LogP contribution in [-0.4, -0.2) is 103 Å². The Morgan fingerprint density at radius 2 is 1.98 bits per heavy atom. The average molecular weight is 677 g/mol. The lowest BCUT2D eigenvalue weighted by atomic mass is 9.75. The zero-order valence-electron chi connectivity index (χ0n) is 27.0. The van der Waals surface area contributed by atoms with Gasteiger partial charge in [0.15, 0.2) is 17.5 Å². The van der Waals surface area contributed by atoms with Gasteiger partial charge in [-0.1, -0.05) is 0 Å². The topological polar surface area (TPSA) is 103 Å². The molecule has 3 aromatic heterocycles. The number of fused-ring (bicyclic) bond motifs is 3. The van der Waals surface area contributed by atoms with Crippen molar-refractivity contribution in [2.45, 2.75) is 49.8 Å². The number of benzene rings is 1. The van der Waals surface area contributed by atoms with Gasteiger partial charge in [0, 0.05) is 54.8 Å². The Morgan fingerprint density at radius 1 is 1.19 bits per heavy atom. The van der Waals surface area contributed by atoms with E-state index in [4.69, 9.17) is 14.5 Å². The number of rotatable bonds is 11. The van der Waals surface area contributed by atoms with Gasteiger partial charge in [-0.05, 0) is 59.0 Å². The highest BCUT2D eigenvalue weighted by Gasteiger charge is 2.53. The Morgan fingerprint density at radius 3 is 2.56 bits per heavy atom. The molecule has 250 valence electrons. The van der Waals surface area contributed by atoms with E-state index < -0.39 is 17.5 Å². The summed E-state index contributed by atoms with van der Waals surface area (Å²) >= 11 is 0.776. The molecule has 48 heavy (non-hydrogen) atoms. The maximum Gasteiger partial charge on any atom is 0.319 e. The van der Waals surface area contributed by atoms with E-state index >= 15 is 4.39 Å². The fourth-order valence-corrected chi connectivity index (χ4v) is 8.44. The van der Waals surface area contributed by atoms with Gasteiger partial charge in [-0.15, -0.1) is 11.3 Å². The van der Waals surface area contributed by atoms with Gasteiger partial charge >= 0.3 is 6.01 Å². The van der Waals surface area contributed by atoms with Crippen LogP contribution in [0.15, 0.2) is 17.3 Å². The molecular weight excluding hydrogens is 641 g/mol. The van der Waals surface area contributed by atoms with Crippen LogP contribution in [0, 0.1) is 34.2 Å². The van der Waals surface area contributed by atoms with Crippen molar-refractivity contribution in [3.05, 3.63) is 35.3 Å². The summed E-state index contributed by atoms with van der Waals surface area (Å²) in [6.07, 6.45) is 7.01. The third-order valence-corrected chi connectivity index (χ3v) is 12.0. The normalized spacial score (nSPS) is 22.0. The number of halogens is 3. The predicted molar refractivity (Wildman–Crippen MR) is 178 cm³/mol. The second-order valence-corrected chi connectivity index (χ2v) is 15.0. The smallest absolute Gasteiger partial charge is 0.319 e. The Labute approximate surface area is 279 Å². The minimum atomic E-state index is -1.20. The number of nitriles is 1. The van der Waals surface area contributed by atoms with Gasteiger partial charge in [0.25, 0.3) is 0 Å². The van der Waals surface area contributed by atoms with Crippen molar-refractivity contribution in [3.63, 3.8) is 0 Å². The van der Waals surface area contributed by atoms with E-state index in [1.165, 1.54) is 6.20 Å². The number of pyridine rings is 1. The summed E-state index contributed by atoms with van der Waals surface area (Å²) in [5.41, 5.74) is -0.513. The zero-order valence-corrected chi connectivity index (χ0v) is 27.8.